The molecule has 0 aliphatic rings. The number of nitrogens with two attached hydrogens (primary N) is 1. The fourth-order valence-electron chi connectivity index (χ4n) is 1.73. The van der Waals surface area contributed by atoms with Crippen LogP contribution in [0, 0.1) is 0 Å². The van der Waals surface area contributed by atoms with E-state index >= 15 is 0 Å². The van der Waals surface area contributed by atoms with Crippen LogP contribution in [0.1, 0.15) is 10.5 Å². The van der Waals surface area contributed by atoms with Gasteiger partial charge in [-0.25, -0.2) is 9.78 Å². The summed E-state index contributed by atoms with van der Waals surface area (Å²) >= 11 is 0. The molecule has 6 heteroatoms. The summed E-state index contributed by atoms with van der Waals surface area (Å²) in [5.41, 5.74) is 7.94. The van der Waals surface area contributed by atoms with E-state index in [1.54, 1.807) is 4.57 Å². The van der Waals surface area contributed by atoms with Crippen LogP contribution >= 0.6 is 0 Å². The lowest BCUT2D eigenvalue weighted by atomic mass is 10.2. The zero-order chi connectivity index (χ0) is 14.0. The second-order valence-corrected chi connectivity index (χ2v) is 4.25. The van der Waals surface area contributed by atoms with Gasteiger partial charge in [0.1, 0.15) is 12.1 Å². The number of hydrogen-bond donors (Lipinski definition) is 1. The molecule has 0 amide bonds. The third-order valence-corrected chi connectivity index (χ3v) is 2.83. The first kappa shape index (κ1) is 12.9. The molecule has 0 saturated carbocycles. The van der Waals surface area contributed by atoms with Gasteiger partial charge in [0.15, 0.2) is 5.69 Å². The number of anilines is 2. The Balaban J connectivity index is 2.37. The molecule has 0 spiro atoms. The summed E-state index contributed by atoms with van der Waals surface area (Å²) in [6.07, 6.45) is 1.51. The van der Waals surface area contributed by atoms with E-state index in [4.69, 9.17) is 5.73 Å². The average molecular weight is 260 g/mol. The molecule has 0 aliphatic heterocycles. The SMILES string of the molecule is COC(=O)c1ncn(-c2ccc(N(C)C)cc2)c1N. The van der Waals surface area contributed by atoms with E-state index in [0.717, 1.165) is 11.4 Å². The Labute approximate surface area is 111 Å². The highest BCUT2D eigenvalue weighted by Crippen LogP contribution is 2.20. The molecule has 0 radical (unpaired) electrons. The largest absolute Gasteiger partial charge is 0.464 e. The van der Waals surface area contributed by atoms with E-state index in [0.29, 0.717) is 0 Å². The average Bonchev–Trinajstić information content (AvgIpc) is 2.80. The molecule has 0 saturated heterocycles. The molecule has 2 aromatic rings. The Morgan fingerprint density at radius 2 is 1.95 bits per heavy atom. The van der Waals surface area contributed by atoms with E-state index < -0.39 is 5.97 Å². The third kappa shape index (κ3) is 2.37. The third-order valence-electron chi connectivity index (χ3n) is 2.83. The summed E-state index contributed by atoms with van der Waals surface area (Å²) < 4.78 is 6.26. The highest BCUT2D eigenvalue weighted by Gasteiger charge is 2.16. The molecule has 0 atom stereocenters. The lowest BCUT2D eigenvalue weighted by molar-refractivity contribution is 0.0596. The summed E-state index contributed by atoms with van der Waals surface area (Å²) in [4.78, 5) is 17.4. The number of aromatic nitrogens is 2. The monoisotopic (exact) mass is 260 g/mol. The van der Waals surface area contributed by atoms with Gasteiger partial charge in [-0.1, -0.05) is 0 Å². The maximum atomic E-state index is 11.4. The van der Waals surface area contributed by atoms with E-state index in [2.05, 4.69) is 9.72 Å². The minimum atomic E-state index is -0.541. The summed E-state index contributed by atoms with van der Waals surface area (Å²) in [5, 5.41) is 0. The number of ether oxygens (including phenoxy) is 1. The van der Waals surface area contributed by atoms with Crippen LogP contribution in [0.15, 0.2) is 30.6 Å². The van der Waals surface area contributed by atoms with Gasteiger partial charge < -0.3 is 15.4 Å². The molecule has 6 nitrogen and oxygen atoms in total. The predicted molar refractivity (Wildman–Crippen MR) is 73.6 cm³/mol. The first-order valence-corrected chi connectivity index (χ1v) is 5.73. The highest BCUT2D eigenvalue weighted by atomic mass is 16.5. The van der Waals surface area contributed by atoms with Crippen LogP contribution in [0.3, 0.4) is 0 Å². The van der Waals surface area contributed by atoms with Gasteiger partial charge in [-0.3, -0.25) is 4.57 Å². The van der Waals surface area contributed by atoms with Crippen molar-refractivity contribution in [3.05, 3.63) is 36.3 Å². The molecule has 0 aliphatic carbocycles. The Hall–Kier alpha value is -2.50. The van der Waals surface area contributed by atoms with Crippen molar-refractivity contribution < 1.29 is 9.53 Å². The van der Waals surface area contributed by atoms with Crippen molar-refractivity contribution in [2.75, 3.05) is 31.8 Å². The number of carbonyl (C=O) groups excluding carboxylic acids is 1. The number of imidazole rings is 1. The van der Waals surface area contributed by atoms with Crippen molar-refractivity contribution in [1.29, 1.82) is 0 Å². The number of hydrogen-bond acceptors (Lipinski definition) is 5. The second kappa shape index (κ2) is 5.01. The number of methoxy groups -OCH3 is 1. The number of nitrogens with zero attached hydrogens (tertiary/aromatic N) is 3. The molecular weight excluding hydrogens is 244 g/mol. The van der Waals surface area contributed by atoms with Crippen LogP contribution in [-0.2, 0) is 4.74 Å². The Bertz CT molecular complexity index is 587. The van der Waals surface area contributed by atoms with Crippen molar-refractivity contribution >= 4 is 17.5 Å². The fraction of sp³-hybridized carbons (Fsp3) is 0.231. The molecule has 2 N–H and O–H groups in total. The summed E-state index contributed by atoms with van der Waals surface area (Å²) in [6.45, 7) is 0. The molecular formula is C13H16N4O2. The van der Waals surface area contributed by atoms with E-state index in [-0.39, 0.29) is 11.5 Å². The lowest BCUT2D eigenvalue weighted by Gasteiger charge is -2.13. The van der Waals surface area contributed by atoms with Crippen molar-refractivity contribution in [3.8, 4) is 5.69 Å². The van der Waals surface area contributed by atoms with Gasteiger partial charge in [0.05, 0.1) is 7.11 Å². The predicted octanol–water partition coefficient (Wildman–Crippen LogP) is 1.31. The van der Waals surface area contributed by atoms with Crippen LogP contribution in [0.4, 0.5) is 11.5 Å². The van der Waals surface area contributed by atoms with Crippen LogP contribution in [-0.4, -0.2) is 36.7 Å². The summed E-state index contributed by atoms with van der Waals surface area (Å²) in [6, 6.07) is 7.75. The Morgan fingerprint density at radius 1 is 1.32 bits per heavy atom. The first-order chi connectivity index (χ1) is 9.04. The molecule has 1 aromatic carbocycles. The number of benzene rings is 1. The van der Waals surface area contributed by atoms with Crippen molar-refractivity contribution in [2.24, 2.45) is 0 Å². The van der Waals surface area contributed by atoms with Gasteiger partial charge in [-0.05, 0) is 24.3 Å². The number of nitrogen functional groups attached to an aromatic ring is 1. The quantitative estimate of drug-likeness (QED) is 0.842. The molecule has 0 fully saturated rings. The van der Waals surface area contributed by atoms with Gasteiger partial charge in [-0.15, -0.1) is 0 Å². The van der Waals surface area contributed by atoms with Crippen LogP contribution in [0.25, 0.3) is 5.69 Å². The molecule has 100 valence electrons. The standard InChI is InChI=1S/C13H16N4O2/c1-16(2)9-4-6-10(7-5-9)17-8-15-11(12(17)14)13(18)19-3/h4-8H,14H2,1-3H3. The Kier molecular flexibility index (Phi) is 3.41. The summed E-state index contributed by atoms with van der Waals surface area (Å²) in [5.74, 6) is -0.273. The number of esters is 1. The molecule has 0 bridgehead atoms. The fourth-order valence-corrected chi connectivity index (χ4v) is 1.73. The maximum absolute atomic E-state index is 11.4. The van der Waals surface area contributed by atoms with E-state index in [9.17, 15) is 4.79 Å². The van der Waals surface area contributed by atoms with Gasteiger partial charge in [0.2, 0.25) is 0 Å². The van der Waals surface area contributed by atoms with E-state index in [1.807, 2.05) is 43.3 Å². The van der Waals surface area contributed by atoms with E-state index in [1.165, 1.54) is 13.4 Å². The normalized spacial score (nSPS) is 10.3. The molecule has 0 unspecified atom stereocenters. The maximum Gasteiger partial charge on any atom is 0.360 e. The van der Waals surface area contributed by atoms with Gasteiger partial charge >= 0.3 is 5.97 Å². The van der Waals surface area contributed by atoms with Crippen LogP contribution in [0.2, 0.25) is 0 Å². The number of rotatable bonds is 3. The highest BCUT2D eigenvalue weighted by molar-refractivity contribution is 5.92. The molecule has 1 aromatic heterocycles. The molecule has 19 heavy (non-hydrogen) atoms. The van der Waals surface area contributed by atoms with Crippen molar-refractivity contribution in [2.45, 2.75) is 0 Å². The van der Waals surface area contributed by atoms with Crippen LogP contribution in [0.5, 0.6) is 0 Å². The van der Waals surface area contributed by atoms with Gasteiger partial charge in [0.25, 0.3) is 0 Å². The van der Waals surface area contributed by atoms with Crippen LogP contribution < -0.4 is 10.6 Å². The zero-order valence-electron chi connectivity index (χ0n) is 11.1. The smallest absolute Gasteiger partial charge is 0.360 e. The molecule has 1 heterocycles. The summed E-state index contributed by atoms with van der Waals surface area (Å²) in [7, 11) is 5.23. The topological polar surface area (TPSA) is 73.4 Å². The van der Waals surface area contributed by atoms with Gasteiger partial charge in [0, 0.05) is 25.5 Å². The van der Waals surface area contributed by atoms with Crippen molar-refractivity contribution in [1.82, 2.24) is 9.55 Å². The minimum Gasteiger partial charge on any atom is -0.464 e. The first-order valence-electron chi connectivity index (χ1n) is 5.73. The second-order valence-electron chi connectivity index (χ2n) is 4.25. The minimum absolute atomic E-state index is 0.124. The zero-order valence-corrected chi connectivity index (χ0v) is 11.1. The molecule has 2 rings (SSSR count). The lowest BCUT2D eigenvalue weighted by Crippen LogP contribution is -2.09. The van der Waals surface area contributed by atoms with Gasteiger partial charge in [-0.2, -0.15) is 0 Å². The Morgan fingerprint density at radius 3 is 2.47 bits per heavy atom. The van der Waals surface area contributed by atoms with Crippen molar-refractivity contribution in [3.63, 3.8) is 0 Å². The number of carbonyl (C=O) groups is 1.